The lowest BCUT2D eigenvalue weighted by molar-refractivity contribution is 0.0520. The highest BCUT2D eigenvalue weighted by Crippen LogP contribution is 2.29. The van der Waals surface area contributed by atoms with Crippen LogP contribution in [0.2, 0.25) is 0 Å². The number of pyridine rings is 1. The molecule has 0 amide bonds. The monoisotopic (exact) mass is 371 g/mol. The summed E-state index contributed by atoms with van der Waals surface area (Å²) < 4.78 is 11.9. The molecule has 0 radical (unpaired) electrons. The maximum atomic E-state index is 12.5. The van der Waals surface area contributed by atoms with Crippen molar-refractivity contribution < 1.29 is 14.3 Å². The average molecular weight is 371 g/mol. The Kier molecular flexibility index (Phi) is 5.18. The van der Waals surface area contributed by atoms with E-state index in [1.807, 2.05) is 51.1 Å². The number of carbonyl (C=O) groups is 1. The van der Waals surface area contributed by atoms with Gasteiger partial charge in [0.05, 0.1) is 7.11 Å². The molecule has 0 saturated carbocycles. The number of ether oxygens (including phenoxy) is 2. The lowest BCUT2D eigenvalue weighted by Crippen LogP contribution is -2.27. The zero-order chi connectivity index (χ0) is 18.7. The summed E-state index contributed by atoms with van der Waals surface area (Å²) in [6.07, 6.45) is 1.19. The third kappa shape index (κ3) is 4.16. The van der Waals surface area contributed by atoms with Crippen molar-refractivity contribution in [2.24, 2.45) is 0 Å². The molecule has 0 fully saturated rings. The molecule has 136 valence electrons. The molecular formula is C19H21N3O3S. The van der Waals surface area contributed by atoms with Crippen molar-refractivity contribution in [3.05, 3.63) is 48.2 Å². The van der Waals surface area contributed by atoms with E-state index in [-0.39, 0.29) is 0 Å². The Morgan fingerprint density at radius 1 is 1.19 bits per heavy atom. The highest BCUT2D eigenvalue weighted by Gasteiger charge is 2.22. The molecule has 0 N–H and O–H groups in total. The Labute approximate surface area is 156 Å². The normalized spacial score (nSPS) is 11.5. The molecule has 3 rings (SSSR count). The molecule has 0 unspecified atom stereocenters. The Hall–Kier alpha value is -2.54. The number of carbonyl (C=O) groups excluding carboxylic acids is 1. The highest BCUT2D eigenvalue weighted by molar-refractivity contribution is 7.98. The first kappa shape index (κ1) is 18.3. The molecule has 0 aliphatic rings. The van der Waals surface area contributed by atoms with Gasteiger partial charge < -0.3 is 9.47 Å². The van der Waals surface area contributed by atoms with Crippen molar-refractivity contribution in [2.75, 3.05) is 7.11 Å². The molecule has 0 atom stereocenters. The van der Waals surface area contributed by atoms with Crippen LogP contribution < -0.4 is 4.74 Å². The van der Waals surface area contributed by atoms with Gasteiger partial charge in [-0.15, -0.1) is 0 Å². The molecule has 0 aliphatic carbocycles. The van der Waals surface area contributed by atoms with Crippen LogP contribution in [-0.2, 0) is 10.5 Å². The smallest absolute Gasteiger partial charge is 0.435 e. The topological polar surface area (TPSA) is 66.2 Å². The first-order valence-electron chi connectivity index (χ1n) is 8.20. The van der Waals surface area contributed by atoms with Gasteiger partial charge in [0.25, 0.3) is 0 Å². The lowest BCUT2D eigenvalue weighted by atomic mass is 10.2. The third-order valence-electron chi connectivity index (χ3n) is 3.51. The first-order valence-corrected chi connectivity index (χ1v) is 9.19. The molecule has 7 heteroatoms. The van der Waals surface area contributed by atoms with Crippen LogP contribution in [0, 0.1) is 0 Å². The maximum absolute atomic E-state index is 12.5. The van der Waals surface area contributed by atoms with Crippen LogP contribution in [0.1, 0.15) is 26.3 Å². The number of aromatic nitrogens is 3. The summed E-state index contributed by atoms with van der Waals surface area (Å²) in [6.45, 7) is 5.48. The molecule has 26 heavy (non-hydrogen) atoms. The fourth-order valence-electron chi connectivity index (χ4n) is 2.34. The number of hydrogen-bond acceptors (Lipinski definition) is 6. The maximum Gasteiger partial charge on any atom is 0.435 e. The molecule has 6 nitrogen and oxygen atoms in total. The molecule has 0 saturated heterocycles. The average Bonchev–Trinajstić information content (AvgIpc) is 2.98. The Morgan fingerprint density at radius 3 is 2.58 bits per heavy atom. The summed E-state index contributed by atoms with van der Waals surface area (Å²) in [5, 5.41) is 5.14. The van der Waals surface area contributed by atoms with E-state index in [0.29, 0.717) is 21.8 Å². The van der Waals surface area contributed by atoms with E-state index in [9.17, 15) is 4.79 Å². The van der Waals surface area contributed by atoms with Crippen molar-refractivity contribution in [2.45, 2.75) is 37.2 Å². The Balaban J connectivity index is 1.85. The van der Waals surface area contributed by atoms with E-state index in [4.69, 9.17) is 9.47 Å². The minimum Gasteiger partial charge on any atom is -0.497 e. The van der Waals surface area contributed by atoms with Crippen molar-refractivity contribution in [1.82, 2.24) is 14.8 Å². The number of fused-ring (bicyclic) bond motifs is 1. The summed E-state index contributed by atoms with van der Waals surface area (Å²) in [4.78, 5) is 16.8. The Morgan fingerprint density at radius 2 is 1.92 bits per heavy atom. The van der Waals surface area contributed by atoms with E-state index in [2.05, 4.69) is 10.1 Å². The van der Waals surface area contributed by atoms with Gasteiger partial charge in [-0.05, 0) is 50.6 Å². The van der Waals surface area contributed by atoms with Crippen LogP contribution in [0.5, 0.6) is 5.75 Å². The second-order valence-electron chi connectivity index (χ2n) is 6.71. The van der Waals surface area contributed by atoms with Gasteiger partial charge in [-0.3, -0.25) is 4.98 Å². The Bertz CT molecular complexity index is 914. The molecule has 1 aromatic carbocycles. The lowest BCUT2D eigenvalue weighted by Gasteiger charge is -2.19. The van der Waals surface area contributed by atoms with E-state index < -0.39 is 11.7 Å². The molecule has 2 heterocycles. The van der Waals surface area contributed by atoms with Crippen LogP contribution in [0.3, 0.4) is 0 Å². The quantitative estimate of drug-likeness (QED) is 0.629. The van der Waals surface area contributed by atoms with Gasteiger partial charge >= 0.3 is 6.09 Å². The number of rotatable bonds is 4. The largest absolute Gasteiger partial charge is 0.497 e. The van der Waals surface area contributed by atoms with Gasteiger partial charge in [-0.2, -0.15) is 9.78 Å². The van der Waals surface area contributed by atoms with Crippen LogP contribution in [0.25, 0.3) is 11.0 Å². The number of thioether (sulfide) groups is 1. The van der Waals surface area contributed by atoms with Gasteiger partial charge in [0.1, 0.15) is 27.4 Å². The molecule has 0 bridgehead atoms. The summed E-state index contributed by atoms with van der Waals surface area (Å²) in [5.74, 6) is 1.53. The van der Waals surface area contributed by atoms with E-state index in [1.165, 1.54) is 16.4 Å². The fourth-order valence-corrected chi connectivity index (χ4v) is 3.27. The SMILES string of the molecule is COc1ccc(CSc2nn(C(=O)OC(C)(C)C)c3cccnc23)cc1. The summed E-state index contributed by atoms with van der Waals surface area (Å²) in [5.41, 5.74) is 1.87. The molecule has 2 aromatic heterocycles. The molecule has 0 spiro atoms. The van der Waals surface area contributed by atoms with Crippen molar-refractivity contribution >= 4 is 28.9 Å². The van der Waals surface area contributed by atoms with Gasteiger partial charge in [0.15, 0.2) is 0 Å². The molecule has 3 aromatic rings. The van der Waals surface area contributed by atoms with Crippen molar-refractivity contribution in [3.8, 4) is 5.75 Å². The fraction of sp³-hybridized carbons (Fsp3) is 0.316. The van der Waals surface area contributed by atoms with Crippen molar-refractivity contribution in [3.63, 3.8) is 0 Å². The van der Waals surface area contributed by atoms with Crippen LogP contribution >= 0.6 is 11.8 Å². The van der Waals surface area contributed by atoms with Crippen molar-refractivity contribution in [1.29, 1.82) is 0 Å². The minimum atomic E-state index is -0.589. The molecule has 0 aliphatic heterocycles. The second kappa shape index (κ2) is 7.37. The van der Waals surface area contributed by atoms with Crippen LogP contribution in [0.15, 0.2) is 47.6 Å². The number of benzene rings is 1. The van der Waals surface area contributed by atoms with Gasteiger partial charge in [0.2, 0.25) is 0 Å². The predicted molar refractivity (Wildman–Crippen MR) is 102 cm³/mol. The van der Waals surface area contributed by atoms with Gasteiger partial charge in [0, 0.05) is 11.9 Å². The van der Waals surface area contributed by atoms with Gasteiger partial charge in [-0.1, -0.05) is 23.9 Å². The predicted octanol–water partition coefficient (Wildman–Crippen LogP) is 4.52. The van der Waals surface area contributed by atoms with E-state index >= 15 is 0 Å². The minimum absolute atomic E-state index is 0.508. The zero-order valence-electron chi connectivity index (χ0n) is 15.2. The van der Waals surface area contributed by atoms with Crippen LogP contribution in [-0.4, -0.2) is 33.6 Å². The number of methoxy groups -OCH3 is 1. The zero-order valence-corrected chi connectivity index (χ0v) is 16.0. The van der Waals surface area contributed by atoms with Gasteiger partial charge in [-0.25, -0.2) is 4.79 Å². The third-order valence-corrected chi connectivity index (χ3v) is 4.54. The van der Waals surface area contributed by atoms with Crippen LogP contribution in [0.4, 0.5) is 4.79 Å². The number of hydrogen-bond donors (Lipinski definition) is 0. The first-order chi connectivity index (χ1) is 12.4. The summed E-state index contributed by atoms with van der Waals surface area (Å²) in [6, 6.07) is 11.5. The molecular weight excluding hydrogens is 350 g/mol. The highest BCUT2D eigenvalue weighted by atomic mass is 32.2. The second-order valence-corrected chi connectivity index (χ2v) is 7.67. The standard InChI is InChI=1S/C19H21N3O3S/c1-19(2,3)25-18(23)22-15-6-5-11-20-16(15)17(21-22)26-12-13-7-9-14(24-4)10-8-13/h5-11H,12H2,1-4H3. The number of nitrogens with zero attached hydrogens (tertiary/aromatic N) is 3. The van der Waals surface area contributed by atoms with E-state index in [1.54, 1.807) is 19.4 Å². The van der Waals surface area contributed by atoms with E-state index in [0.717, 1.165) is 11.3 Å². The summed E-state index contributed by atoms with van der Waals surface area (Å²) in [7, 11) is 1.64. The summed E-state index contributed by atoms with van der Waals surface area (Å²) >= 11 is 1.53.